The average molecular weight is 222 g/mol. The van der Waals surface area contributed by atoms with Crippen LogP contribution < -0.4 is 0 Å². The van der Waals surface area contributed by atoms with Gasteiger partial charge in [-0.3, -0.25) is 0 Å². The number of aryl methyl sites for hydroxylation is 1. The first-order valence-electron chi connectivity index (χ1n) is 5.25. The summed E-state index contributed by atoms with van der Waals surface area (Å²) in [5.74, 6) is -0.921. The van der Waals surface area contributed by atoms with Gasteiger partial charge < -0.3 is 14.6 Å². The molecular formula is C12H14O4. The molecule has 1 fully saturated rings. The van der Waals surface area contributed by atoms with Gasteiger partial charge in [-0.2, -0.15) is 0 Å². The zero-order valence-electron chi connectivity index (χ0n) is 9.10. The Bertz CT molecular complexity index is 394. The molecule has 86 valence electrons. The smallest absolute Gasteiger partial charge is 0.335 e. The maximum absolute atomic E-state index is 11.0. The van der Waals surface area contributed by atoms with Crippen LogP contribution >= 0.6 is 0 Å². The van der Waals surface area contributed by atoms with Crippen molar-refractivity contribution in [3.63, 3.8) is 0 Å². The van der Waals surface area contributed by atoms with Crippen molar-refractivity contribution in [1.82, 2.24) is 0 Å². The largest absolute Gasteiger partial charge is 0.478 e. The van der Waals surface area contributed by atoms with Crippen LogP contribution in [0.5, 0.6) is 0 Å². The number of rotatable bonds is 2. The van der Waals surface area contributed by atoms with Crippen molar-refractivity contribution in [1.29, 1.82) is 0 Å². The first kappa shape index (κ1) is 11.1. The Labute approximate surface area is 93.8 Å². The molecule has 1 saturated heterocycles. The third-order valence-electron chi connectivity index (χ3n) is 2.59. The Morgan fingerprint density at radius 2 is 2.06 bits per heavy atom. The summed E-state index contributed by atoms with van der Waals surface area (Å²) in [6.07, 6.45) is 0.459. The van der Waals surface area contributed by atoms with Gasteiger partial charge in [-0.1, -0.05) is 12.1 Å². The molecular weight excluding hydrogens is 208 g/mol. The first-order chi connectivity index (χ1) is 7.68. The lowest BCUT2D eigenvalue weighted by atomic mass is 10.0. The summed E-state index contributed by atoms with van der Waals surface area (Å²) in [5, 5.41) is 9.01. The lowest BCUT2D eigenvalue weighted by Crippen LogP contribution is -2.18. The SMILES string of the molecule is Cc1ccc(C2OCCCO2)cc1C(=O)O. The third kappa shape index (κ3) is 2.23. The van der Waals surface area contributed by atoms with Crippen molar-refractivity contribution in [2.75, 3.05) is 13.2 Å². The molecule has 0 radical (unpaired) electrons. The van der Waals surface area contributed by atoms with E-state index in [1.165, 1.54) is 0 Å². The monoisotopic (exact) mass is 222 g/mol. The number of carboxylic acid groups (broad SMARTS) is 1. The fourth-order valence-corrected chi connectivity index (χ4v) is 1.70. The Hall–Kier alpha value is -1.39. The second kappa shape index (κ2) is 4.63. The molecule has 0 unspecified atom stereocenters. The number of hydrogen-bond acceptors (Lipinski definition) is 3. The van der Waals surface area contributed by atoms with E-state index in [1.807, 2.05) is 6.07 Å². The molecule has 4 heteroatoms. The summed E-state index contributed by atoms with van der Waals surface area (Å²) in [5.41, 5.74) is 1.81. The van der Waals surface area contributed by atoms with E-state index in [9.17, 15) is 4.79 Å². The third-order valence-corrected chi connectivity index (χ3v) is 2.59. The lowest BCUT2D eigenvalue weighted by Gasteiger charge is -2.23. The number of ether oxygens (including phenoxy) is 2. The van der Waals surface area contributed by atoms with Crippen LogP contribution in [0.1, 0.15) is 34.2 Å². The Morgan fingerprint density at radius 1 is 1.38 bits per heavy atom. The predicted octanol–water partition coefficient (Wildman–Crippen LogP) is 2.13. The van der Waals surface area contributed by atoms with Gasteiger partial charge in [0.1, 0.15) is 0 Å². The van der Waals surface area contributed by atoms with Crippen LogP contribution in [-0.4, -0.2) is 24.3 Å². The molecule has 0 aromatic heterocycles. The number of benzene rings is 1. The number of hydrogen-bond donors (Lipinski definition) is 1. The van der Waals surface area contributed by atoms with Gasteiger partial charge in [0.05, 0.1) is 18.8 Å². The normalized spacial score (nSPS) is 17.3. The van der Waals surface area contributed by atoms with Crippen LogP contribution in [0.25, 0.3) is 0 Å². The minimum absolute atomic E-state index is 0.301. The van der Waals surface area contributed by atoms with Crippen molar-refractivity contribution in [2.45, 2.75) is 19.6 Å². The Morgan fingerprint density at radius 3 is 2.69 bits per heavy atom. The van der Waals surface area contributed by atoms with E-state index in [0.717, 1.165) is 17.5 Å². The average Bonchev–Trinajstić information content (AvgIpc) is 2.30. The summed E-state index contributed by atoms with van der Waals surface area (Å²) >= 11 is 0. The van der Waals surface area contributed by atoms with Crippen LogP contribution in [0.4, 0.5) is 0 Å². The van der Waals surface area contributed by atoms with Gasteiger partial charge in [0.25, 0.3) is 0 Å². The van der Waals surface area contributed by atoms with Gasteiger partial charge in [0.15, 0.2) is 6.29 Å². The van der Waals surface area contributed by atoms with Gasteiger partial charge in [-0.05, 0) is 25.0 Å². The highest BCUT2D eigenvalue weighted by molar-refractivity contribution is 5.89. The fourth-order valence-electron chi connectivity index (χ4n) is 1.70. The van der Waals surface area contributed by atoms with Gasteiger partial charge in [-0.25, -0.2) is 4.79 Å². The van der Waals surface area contributed by atoms with Crippen molar-refractivity contribution < 1.29 is 19.4 Å². The molecule has 1 aromatic carbocycles. The van der Waals surface area contributed by atoms with Crippen molar-refractivity contribution in [2.24, 2.45) is 0 Å². The van der Waals surface area contributed by atoms with E-state index in [-0.39, 0.29) is 0 Å². The maximum atomic E-state index is 11.0. The predicted molar refractivity (Wildman–Crippen MR) is 57.4 cm³/mol. The van der Waals surface area contributed by atoms with Crippen molar-refractivity contribution >= 4 is 5.97 Å². The highest BCUT2D eigenvalue weighted by atomic mass is 16.7. The second-order valence-corrected chi connectivity index (χ2v) is 3.81. The molecule has 0 spiro atoms. The summed E-state index contributed by atoms with van der Waals surface area (Å²) in [6.45, 7) is 3.08. The molecule has 2 rings (SSSR count). The molecule has 0 atom stereocenters. The van der Waals surface area contributed by atoms with Gasteiger partial charge in [0.2, 0.25) is 0 Å². The highest BCUT2D eigenvalue weighted by Crippen LogP contribution is 2.24. The molecule has 1 aliphatic rings. The quantitative estimate of drug-likeness (QED) is 0.832. The van der Waals surface area contributed by atoms with Crippen LogP contribution in [0.2, 0.25) is 0 Å². The second-order valence-electron chi connectivity index (χ2n) is 3.81. The maximum Gasteiger partial charge on any atom is 0.335 e. The van der Waals surface area contributed by atoms with E-state index in [1.54, 1.807) is 19.1 Å². The summed E-state index contributed by atoms with van der Waals surface area (Å²) in [4.78, 5) is 11.0. The summed E-state index contributed by atoms with van der Waals surface area (Å²) in [7, 11) is 0. The standard InChI is InChI=1S/C12H14O4/c1-8-3-4-9(7-10(8)11(13)14)12-15-5-2-6-16-12/h3-4,7,12H,2,5-6H2,1H3,(H,13,14). The van der Waals surface area contributed by atoms with Gasteiger partial charge in [-0.15, -0.1) is 0 Å². The van der Waals surface area contributed by atoms with Gasteiger partial charge in [0, 0.05) is 5.56 Å². The summed E-state index contributed by atoms with van der Waals surface area (Å²) < 4.78 is 10.8. The molecule has 4 nitrogen and oxygen atoms in total. The van der Waals surface area contributed by atoms with E-state index in [4.69, 9.17) is 14.6 Å². The Balaban J connectivity index is 2.27. The van der Waals surface area contributed by atoms with E-state index in [2.05, 4.69) is 0 Å². The molecule has 1 N–H and O–H groups in total. The lowest BCUT2D eigenvalue weighted by molar-refractivity contribution is -0.183. The molecule has 0 saturated carbocycles. The van der Waals surface area contributed by atoms with E-state index in [0.29, 0.717) is 18.8 Å². The topological polar surface area (TPSA) is 55.8 Å². The zero-order chi connectivity index (χ0) is 11.5. The van der Waals surface area contributed by atoms with Gasteiger partial charge >= 0.3 is 5.97 Å². The van der Waals surface area contributed by atoms with Crippen LogP contribution in [0, 0.1) is 6.92 Å². The van der Waals surface area contributed by atoms with Crippen LogP contribution in [0.15, 0.2) is 18.2 Å². The fraction of sp³-hybridized carbons (Fsp3) is 0.417. The Kier molecular flexibility index (Phi) is 3.22. The highest BCUT2D eigenvalue weighted by Gasteiger charge is 2.18. The molecule has 1 aliphatic heterocycles. The molecule has 0 bridgehead atoms. The molecule has 16 heavy (non-hydrogen) atoms. The first-order valence-corrected chi connectivity index (χ1v) is 5.25. The number of carboxylic acids is 1. The van der Waals surface area contributed by atoms with Crippen molar-refractivity contribution in [3.8, 4) is 0 Å². The van der Waals surface area contributed by atoms with Crippen molar-refractivity contribution in [3.05, 3.63) is 34.9 Å². The van der Waals surface area contributed by atoms with E-state index >= 15 is 0 Å². The minimum atomic E-state index is -0.921. The van der Waals surface area contributed by atoms with Crippen LogP contribution in [0.3, 0.4) is 0 Å². The molecule has 0 amide bonds. The molecule has 0 aliphatic carbocycles. The number of aromatic carboxylic acids is 1. The zero-order valence-corrected chi connectivity index (χ0v) is 9.10. The van der Waals surface area contributed by atoms with E-state index < -0.39 is 12.3 Å². The minimum Gasteiger partial charge on any atom is -0.478 e. The van der Waals surface area contributed by atoms with Crippen LogP contribution in [-0.2, 0) is 9.47 Å². The number of carbonyl (C=O) groups is 1. The molecule has 1 aromatic rings. The molecule has 1 heterocycles. The summed E-state index contributed by atoms with van der Waals surface area (Å²) in [6, 6.07) is 5.24.